The molecular weight excluding hydrogens is 384 g/mol. The number of anilines is 1. The molecule has 6 nitrogen and oxygen atoms in total. The van der Waals surface area contributed by atoms with Crippen LogP contribution in [-0.2, 0) is 4.79 Å². The number of nitrogens with one attached hydrogen (secondary N) is 2. The van der Waals surface area contributed by atoms with Crippen molar-refractivity contribution >= 4 is 39.2 Å². The lowest BCUT2D eigenvalue weighted by Crippen LogP contribution is -2.41. The molecular formula is C22H24N4O2S. The third-order valence-corrected chi connectivity index (χ3v) is 6.33. The molecule has 1 aliphatic heterocycles. The maximum absolute atomic E-state index is 12.5. The highest BCUT2D eigenvalue weighted by Crippen LogP contribution is 2.36. The Hall–Kier alpha value is -2.77. The molecule has 1 aliphatic rings. The second-order valence-corrected chi connectivity index (χ2v) is 8.53. The summed E-state index contributed by atoms with van der Waals surface area (Å²) in [6.45, 7) is 4.93. The van der Waals surface area contributed by atoms with E-state index in [0.717, 1.165) is 45.7 Å². The summed E-state index contributed by atoms with van der Waals surface area (Å²) in [6, 6.07) is 13.5. The van der Waals surface area contributed by atoms with Crippen LogP contribution < -0.4 is 10.6 Å². The third-order valence-electron chi connectivity index (χ3n) is 5.19. The van der Waals surface area contributed by atoms with Gasteiger partial charge in [-0.05, 0) is 57.0 Å². The Kier molecular flexibility index (Phi) is 5.60. The number of thiazole rings is 1. The molecule has 3 amide bonds. The zero-order chi connectivity index (χ0) is 20.4. The van der Waals surface area contributed by atoms with Crippen LogP contribution in [0.2, 0.25) is 0 Å². The minimum absolute atomic E-state index is 0.126. The van der Waals surface area contributed by atoms with Gasteiger partial charge in [-0.1, -0.05) is 29.8 Å². The minimum atomic E-state index is -0.502. The van der Waals surface area contributed by atoms with Crippen LogP contribution in [-0.4, -0.2) is 34.9 Å². The lowest BCUT2D eigenvalue weighted by atomic mass is 10.1. The molecule has 2 aromatic carbocycles. The standard InChI is InChI=1S/C22H24N4O2S/c1-14-9-10-16(15(2)12-14)24-22(28)25-20(27)13-26-11-5-7-18(26)21-23-17-6-3-4-8-19(17)29-21/h3-4,6,8-10,12,18H,5,7,11,13H2,1-2H3,(H2,24,25,27,28)/t18-/m1/s1. The van der Waals surface area contributed by atoms with E-state index < -0.39 is 6.03 Å². The lowest BCUT2D eigenvalue weighted by molar-refractivity contribution is -0.121. The second-order valence-electron chi connectivity index (χ2n) is 7.47. The Morgan fingerprint density at radius 3 is 2.83 bits per heavy atom. The molecule has 1 atom stereocenters. The van der Waals surface area contributed by atoms with Gasteiger partial charge in [-0.15, -0.1) is 11.3 Å². The first-order chi connectivity index (χ1) is 14.0. The fourth-order valence-electron chi connectivity index (χ4n) is 3.79. The van der Waals surface area contributed by atoms with Crippen LogP contribution in [0.4, 0.5) is 10.5 Å². The Bertz CT molecular complexity index is 1030. The van der Waals surface area contributed by atoms with Crippen molar-refractivity contribution in [3.63, 3.8) is 0 Å². The summed E-state index contributed by atoms with van der Waals surface area (Å²) >= 11 is 1.68. The van der Waals surface area contributed by atoms with Gasteiger partial charge in [-0.25, -0.2) is 9.78 Å². The number of carbonyl (C=O) groups is 2. The van der Waals surface area contributed by atoms with Crippen molar-refractivity contribution in [2.24, 2.45) is 0 Å². The summed E-state index contributed by atoms with van der Waals surface area (Å²) in [5.74, 6) is -0.305. The second kappa shape index (κ2) is 8.31. The first-order valence-corrected chi connectivity index (χ1v) is 10.6. The number of hydrogen-bond acceptors (Lipinski definition) is 5. The zero-order valence-electron chi connectivity index (χ0n) is 16.6. The molecule has 3 aromatic rings. The third kappa shape index (κ3) is 4.46. The van der Waals surface area contributed by atoms with Gasteiger partial charge in [0.2, 0.25) is 5.91 Å². The van der Waals surface area contributed by atoms with E-state index in [-0.39, 0.29) is 18.5 Å². The fourth-order valence-corrected chi connectivity index (χ4v) is 4.92. The number of urea groups is 1. The van der Waals surface area contributed by atoms with E-state index in [9.17, 15) is 9.59 Å². The smallest absolute Gasteiger partial charge is 0.307 e. The van der Waals surface area contributed by atoms with Gasteiger partial charge in [0.15, 0.2) is 0 Å². The highest BCUT2D eigenvalue weighted by molar-refractivity contribution is 7.18. The number of imide groups is 1. The van der Waals surface area contributed by atoms with Crippen molar-refractivity contribution in [3.8, 4) is 0 Å². The number of para-hydroxylation sites is 1. The monoisotopic (exact) mass is 408 g/mol. The number of aryl methyl sites for hydroxylation is 2. The molecule has 4 rings (SSSR count). The van der Waals surface area contributed by atoms with E-state index in [1.807, 2.05) is 50.2 Å². The molecule has 150 valence electrons. The van der Waals surface area contributed by atoms with Crippen LogP contribution in [0.3, 0.4) is 0 Å². The fraction of sp³-hybridized carbons (Fsp3) is 0.318. The van der Waals surface area contributed by atoms with Gasteiger partial charge in [0, 0.05) is 5.69 Å². The predicted octanol–water partition coefficient (Wildman–Crippen LogP) is 4.40. The Morgan fingerprint density at radius 1 is 1.21 bits per heavy atom. The molecule has 0 bridgehead atoms. The van der Waals surface area contributed by atoms with Crippen molar-refractivity contribution in [2.45, 2.75) is 32.7 Å². The van der Waals surface area contributed by atoms with Gasteiger partial charge in [0.25, 0.3) is 0 Å². The van der Waals surface area contributed by atoms with E-state index in [1.165, 1.54) is 0 Å². The van der Waals surface area contributed by atoms with Crippen LogP contribution in [0.25, 0.3) is 10.2 Å². The molecule has 0 spiro atoms. The molecule has 7 heteroatoms. The summed E-state index contributed by atoms with van der Waals surface area (Å²) in [4.78, 5) is 31.5. The summed E-state index contributed by atoms with van der Waals surface area (Å²) in [5, 5.41) is 6.24. The largest absolute Gasteiger partial charge is 0.325 e. The molecule has 0 radical (unpaired) electrons. The van der Waals surface area contributed by atoms with Gasteiger partial charge in [-0.3, -0.25) is 15.0 Å². The maximum atomic E-state index is 12.5. The normalized spacial score (nSPS) is 16.8. The summed E-state index contributed by atoms with van der Waals surface area (Å²) in [6.07, 6.45) is 1.99. The van der Waals surface area contributed by atoms with Gasteiger partial charge >= 0.3 is 6.03 Å². The summed E-state index contributed by atoms with van der Waals surface area (Å²) in [7, 11) is 0. The number of fused-ring (bicyclic) bond motifs is 1. The highest BCUT2D eigenvalue weighted by atomic mass is 32.1. The van der Waals surface area contributed by atoms with Gasteiger partial charge < -0.3 is 5.32 Å². The molecule has 1 fully saturated rings. The predicted molar refractivity (Wildman–Crippen MR) is 116 cm³/mol. The maximum Gasteiger partial charge on any atom is 0.325 e. The molecule has 0 aliphatic carbocycles. The van der Waals surface area contributed by atoms with Crippen LogP contribution in [0, 0.1) is 13.8 Å². The molecule has 1 aromatic heterocycles. The Balaban J connectivity index is 1.37. The first kappa shape index (κ1) is 19.5. The molecule has 1 saturated heterocycles. The quantitative estimate of drug-likeness (QED) is 0.671. The van der Waals surface area contributed by atoms with Gasteiger partial charge in [-0.2, -0.15) is 0 Å². The van der Waals surface area contributed by atoms with Crippen LogP contribution in [0.15, 0.2) is 42.5 Å². The Morgan fingerprint density at radius 2 is 2.03 bits per heavy atom. The number of likely N-dealkylation sites (tertiary alicyclic amines) is 1. The average Bonchev–Trinajstić information content (AvgIpc) is 3.30. The van der Waals surface area contributed by atoms with Crippen molar-refractivity contribution < 1.29 is 9.59 Å². The van der Waals surface area contributed by atoms with Crippen molar-refractivity contribution in [3.05, 3.63) is 58.6 Å². The molecule has 0 saturated carbocycles. The minimum Gasteiger partial charge on any atom is -0.307 e. The first-order valence-electron chi connectivity index (χ1n) is 9.77. The number of benzene rings is 2. The van der Waals surface area contributed by atoms with E-state index in [2.05, 4.69) is 21.6 Å². The lowest BCUT2D eigenvalue weighted by Gasteiger charge is -2.21. The van der Waals surface area contributed by atoms with E-state index in [1.54, 1.807) is 11.3 Å². The topological polar surface area (TPSA) is 74.3 Å². The number of nitrogens with zero attached hydrogens (tertiary/aromatic N) is 2. The van der Waals surface area contributed by atoms with Crippen molar-refractivity contribution in [1.29, 1.82) is 0 Å². The SMILES string of the molecule is Cc1ccc(NC(=O)NC(=O)CN2CCC[C@@H]2c2nc3ccccc3s2)c(C)c1. The number of hydrogen-bond donors (Lipinski definition) is 2. The van der Waals surface area contributed by atoms with E-state index in [0.29, 0.717) is 5.69 Å². The van der Waals surface area contributed by atoms with Crippen LogP contribution in [0.1, 0.15) is 35.0 Å². The molecule has 29 heavy (non-hydrogen) atoms. The molecule has 0 unspecified atom stereocenters. The number of carbonyl (C=O) groups excluding carboxylic acids is 2. The molecule has 2 N–H and O–H groups in total. The van der Waals surface area contributed by atoms with Crippen LogP contribution >= 0.6 is 11.3 Å². The van der Waals surface area contributed by atoms with Crippen molar-refractivity contribution in [1.82, 2.24) is 15.2 Å². The van der Waals surface area contributed by atoms with Crippen LogP contribution in [0.5, 0.6) is 0 Å². The molecule has 2 heterocycles. The van der Waals surface area contributed by atoms with Gasteiger partial charge in [0.1, 0.15) is 5.01 Å². The number of amides is 3. The summed E-state index contributed by atoms with van der Waals surface area (Å²) < 4.78 is 1.16. The Labute approximate surface area is 173 Å². The highest BCUT2D eigenvalue weighted by Gasteiger charge is 2.30. The number of aromatic nitrogens is 1. The van der Waals surface area contributed by atoms with Crippen molar-refractivity contribution in [2.75, 3.05) is 18.4 Å². The average molecular weight is 409 g/mol. The zero-order valence-corrected chi connectivity index (χ0v) is 17.4. The number of rotatable bonds is 4. The van der Waals surface area contributed by atoms with E-state index in [4.69, 9.17) is 4.98 Å². The summed E-state index contributed by atoms with van der Waals surface area (Å²) in [5.41, 5.74) is 3.79. The van der Waals surface area contributed by atoms with E-state index >= 15 is 0 Å². The van der Waals surface area contributed by atoms with Gasteiger partial charge in [0.05, 0.1) is 22.8 Å².